The number of hydrogen-bond acceptors (Lipinski definition) is 5. The Morgan fingerprint density at radius 2 is 1.92 bits per heavy atom. The van der Waals surface area contributed by atoms with Gasteiger partial charge in [-0.2, -0.15) is 0 Å². The third kappa shape index (κ3) is 2.12. The third-order valence-corrected chi connectivity index (χ3v) is 4.83. The molecule has 1 saturated heterocycles. The number of ether oxygens (including phenoxy) is 1. The molecule has 2 heterocycles. The number of carbonyl (C=O) groups is 2. The van der Waals surface area contributed by atoms with Crippen LogP contribution in [0.3, 0.4) is 0 Å². The van der Waals surface area contributed by atoms with Gasteiger partial charge in [-0.15, -0.1) is 0 Å². The van der Waals surface area contributed by atoms with Crippen molar-refractivity contribution >= 4 is 23.2 Å². The standard InChI is InChI=1S/C18H14N2O5/c1-18-14(10-11-9-13(20(23)24)7-8-15(11)25-18)16(21)19(17(18)22)12-5-3-2-4-6-12/h2-9,14H,10H2,1H3/t14-,18-/m1/s1. The van der Waals surface area contributed by atoms with Gasteiger partial charge >= 0.3 is 0 Å². The Hall–Kier alpha value is -3.22. The number of anilines is 1. The Balaban J connectivity index is 1.76. The summed E-state index contributed by atoms with van der Waals surface area (Å²) in [5.41, 5.74) is -0.321. The molecule has 0 bridgehead atoms. The predicted octanol–water partition coefficient (Wildman–Crippen LogP) is 2.48. The summed E-state index contributed by atoms with van der Waals surface area (Å²) in [6.45, 7) is 1.60. The molecule has 0 aromatic heterocycles. The highest BCUT2D eigenvalue weighted by Gasteiger charge is 2.61. The van der Waals surface area contributed by atoms with E-state index in [9.17, 15) is 19.7 Å². The minimum atomic E-state index is -1.31. The van der Waals surface area contributed by atoms with E-state index in [1.165, 1.54) is 18.2 Å². The van der Waals surface area contributed by atoms with Crippen LogP contribution in [0, 0.1) is 16.0 Å². The molecule has 2 aliphatic heterocycles. The molecular weight excluding hydrogens is 324 g/mol. The average molecular weight is 338 g/mol. The fraction of sp³-hybridized carbons (Fsp3) is 0.222. The van der Waals surface area contributed by atoms with Gasteiger partial charge in [0.25, 0.3) is 11.6 Å². The average Bonchev–Trinajstić information content (AvgIpc) is 2.79. The zero-order chi connectivity index (χ0) is 17.8. The van der Waals surface area contributed by atoms with Crippen LogP contribution in [0.15, 0.2) is 48.5 Å². The van der Waals surface area contributed by atoms with Crippen molar-refractivity contribution in [3.05, 3.63) is 64.2 Å². The van der Waals surface area contributed by atoms with Crippen LogP contribution in [-0.2, 0) is 16.0 Å². The molecule has 2 aromatic rings. The van der Waals surface area contributed by atoms with E-state index in [1.807, 2.05) is 0 Å². The van der Waals surface area contributed by atoms with Crippen molar-refractivity contribution in [1.82, 2.24) is 0 Å². The normalized spacial score (nSPS) is 24.5. The molecule has 25 heavy (non-hydrogen) atoms. The lowest BCUT2D eigenvalue weighted by atomic mass is 9.83. The molecule has 0 saturated carbocycles. The van der Waals surface area contributed by atoms with Crippen molar-refractivity contribution in [1.29, 1.82) is 0 Å². The molecule has 0 unspecified atom stereocenters. The van der Waals surface area contributed by atoms with E-state index in [2.05, 4.69) is 0 Å². The SMILES string of the molecule is C[C@@]12Oc3ccc([N+](=O)[O-])cc3C[C@@H]1C(=O)N(c1ccccc1)C2=O. The topological polar surface area (TPSA) is 89.8 Å². The fourth-order valence-electron chi connectivity index (χ4n) is 3.47. The number of amides is 2. The van der Waals surface area contributed by atoms with Gasteiger partial charge in [0, 0.05) is 17.7 Å². The maximum absolute atomic E-state index is 12.9. The predicted molar refractivity (Wildman–Crippen MR) is 88.3 cm³/mol. The molecule has 7 nitrogen and oxygen atoms in total. The monoisotopic (exact) mass is 338 g/mol. The van der Waals surface area contributed by atoms with Gasteiger partial charge in [-0.1, -0.05) is 18.2 Å². The summed E-state index contributed by atoms with van der Waals surface area (Å²) in [6.07, 6.45) is 0.224. The Kier molecular flexibility index (Phi) is 3.15. The van der Waals surface area contributed by atoms with Crippen LogP contribution < -0.4 is 9.64 Å². The lowest BCUT2D eigenvalue weighted by Crippen LogP contribution is -2.48. The minimum Gasteiger partial charge on any atom is -0.477 e. The van der Waals surface area contributed by atoms with Gasteiger partial charge in [-0.05, 0) is 31.5 Å². The summed E-state index contributed by atoms with van der Waals surface area (Å²) in [6, 6.07) is 12.9. The van der Waals surface area contributed by atoms with Crippen molar-refractivity contribution in [2.45, 2.75) is 18.9 Å². The quantitative estimate of drug-likeness (QED) is 0.477. The summed E-state index contributed by atoms with van der Waals surface area (Å²) in [7, 11) is 0. The van der Waals surface area contributed by atoms with Gasteiger partial charge in [0.2, 0.25) is 5.91 Å². The summed E-state index contributed by atoms with van der Waals surface area (Å²) in [5.74, 6) is -1.08. The highest BCUT2D eigenvalue weighted by atomic mass is 16.6. The number of carbonyl (C=O) groups excluding carboxylic acids is 2. The van der Waals surface area contributed by atoms with Crippen LogP contribution in [0.1, 0.15) is 12.5 Å². The number of rotatable bonds is 2. The second-order valence-electron chi connectivity index (χ2n) is 6.33. The molecule has 0 spiro atoms. The number of para-hydroxylation sites is 1. The van der Waals surface area contributed by atoms with Crippen LogP contribution in [0.5, 0.6) is 5.75 Å². The fourth-order valence-corrected chi connectivity index (χ4v) is 3.47. The van der Waals surface area contributed by atoms with Gasteiger partial charge in [0.1, 0.15) is 5.75 Å². The van der Waals surface area contributed by atoms with Crippen LogP contribution in [-0.4, -0.2) is 22.3 Å². The Bertz CT molecular complexity index is 911. The van der Waals surface area contributed by atoms with E-state index in [4.69, 9.17) is 4.74 Å². The van der Waals surface area contributed by atoms with Crippen molar-refractivity contribution in [3.8, 4) is 5.75 Å². The highest BCUT2D eigenvalue weighted by molar-refractivity contribution is 6.25. The number of nitro benzene ring substituents is 1. The number of hydrogen-bond donors (Lipinski definition) is 0. The van der Waals surface area contributed by atoms with Gasteiger partial charge in [0.15, 0.2) is 5.60 Å². The van der Waals surface area contributed by atoms with Crippen molar-refractivity contribution in [2.75, 3.05) is 4.90 Å². The second-order valence-corrected chi connectivity index (χ2v) is 6.33. The van der Waals surface area contributed by atoms with E-state index >= 15 is 0 Å². The van der Waals surface area contributed by atoms with Gasteiger partial charge < -0.3 is 4.74 Å². The van der Waals surface area contributed by atoms with Crippen molar-refractivity contribution in [3.63, 3.8) is 0 Å². The molecule has 0 N–H and O–H groups in total. The smallest absolute Gasteiger partial charge is 0.278 e. The Morgan fingerprint density at radius 1 is 1.20 bits per heavy atom. The molecule has 2 aromatic carbocycles. The number of benzene rings is 2. The molecule has 4 rings (SSSR count). The van der Waals surface area contributed by atoms with Crippen LogP contribution in [0.25, 0.3) is 0 Å². The van der Waals surface area contributed by atoms with Crippen LogP contribution in [0.2, 0.25) is 0 Å². The summed E-state index contributed by atoms with van der Waals surface area (Å²) in [4.78, 5) is 37.4. The van der Waals surface area contributed by atoms with Crippen LogP contribution >= 0.6 is 0 Å². The molecule has 2 atom stereocenters. The molecular formula is C18H14N2O5. The first kappa shape index (κ1) is 15.3. The van der Waals surface area contributed by atoms with Gasteiger partial charge in [-0.3, -0.25) is 19.7 Å². The molecule has 126 valence electrons. The maximum Gasteiger partial charge on any atom is 0.278 e. The van der Waals surface area contributed by atoms with Crippen LogP contribution in [0.4, 0.5) is 11.4 Å². The molecule has 7 heteroatoms. The zero-order valence-corrected chi connectivity index (χ0v) is 13.3. The zero-order valence-electron chi connectivity index (χ0n) is 13.3. The van der Waals surface area contributed by atoms with E-state index in [0.717, 1.165) is 4.90 Å². The first-order valence-electron chi connectivity index (χ1n) is 7.81. The third-order valence-electron chi connectivity index (χ3n) is 4.83. The van der Waals surface area contributed by atoms with E-state index in [-0.39, 0.29) is 18.0 Å². The lowest BCUT2D eigenvalue weighted by molar-refractivity contribution is -0.385. The summed E-state index contributed by atoms with van der Waals surface area (Å²) >= 11 is 0. The van der Waals surface area contributed by atoms with Crippen molar-refractivity contribution in [2.24, 2.45) is 5.92 Å². The molecule has 2 amide bonds. The number of nitro groups is 1. The van der Waals surface area contributed by atoms with Gasteiger partial charge in [-0.25, -0.2) is 4.90 Å². The van der Waals surface area contributed by atoms with E-state index < -0.39 is 22.3 Å². The van der Waals surface area contributed by atoms with E-state index in [1.54, 1.807) is 37.3 Å². The molecule has 0 radical (unpaired) electrons. The molecule has 2 aliphatic rings. The Labute approximate surface area is 143 Å². The number of nitrogens with zero attached hydrogens (tertiary/aromatic N) is 2. The highest BCUT2D eigenvalue weighted by Crippen LogP contribution is 2.45. The summed E-state index contributed by atoms with van der Waals surface area (Å²) in [5, 5.41) is 11.0. The summed E-state index contributed by atoms with van der Waals surface area (Å²) < 4.78 is 5.88. The minimum absolute atomic E-state index is 0.0670. The molecule has 0 aliphatic carbocycles. The number of fused-ring (bicyclic) bond motifs is 2. The number of imide groups is 1. The lowest BCUT2D eigenvalue weighted by Gasteiger charge is -2.33. The second kappa shape index (κ2) is 5.14. The first-order chi connectivity index (χ1) is 11.9. The van der Waals surface area contributed by atoms with E-state index in [0.29, 0.717) is 17.0 Å². The largest absolute Gasteiger partial charge is 0.477 e. The Morgan fingerprint density at radius 3 is 2.60 bits per heavy atom. The number of non-ortho nitro benzene ring substituents is 1. The first-order valence-corrected chi connectivity index (χ1v) is 7.81. The van der Waals surface area contributed by atoms with Crippen molar-refractivity contribution < 1.29 is 19.2 Å². The molecule has 1 fully saturated rings. The van der Waals surface area contributed by atoms with Gasteiger partial charge in [0.05, 0.1) is 16.5 Å². The maximum atomic E-state index is 12.9.